The number of rotatable bonds is 1. The third-order valence-electron chi connectivity index (χ3n) is 3.23. The van der Waals surface area contributed by atoms with Crippen LogP contribution in [0.25, 0.3) is 0 Å². The van der Waals surface area contributed by atoms with Crippen LogP contribution in [-0.4, -0.2) is 20.1 Å². The highest BCUT2D eigenvalue weighted by Gasteiger charge is 2.22. The summed E-state index contributed by atoms with van der Waals surface area (Å²) in [4.78, 5) is 4.57. The number of alkyl halides is 1. The molecule has 2 heterocycles. The zero-order valence-electron chi connectivity index (χ0n) is 10.2. The highest BCUT2D eigenvalue weighted by atomic mass is 127. The summed E-state index contributed by atoms with van der Waals surface area (Å²) in [7, 11) is 0. The van der Waals surface area contributed by atoms with Crippen molar-refractivity contribution < 1.29 is 0 Å². The second kappa shape index (κ2) is 5.04. The van der Waals surface area contributed by atoms with Crippen molar-refractivity contribution in [3.05, 3.63) is 17.7 Å². The van der Waals surface area contributed by atoms with Gasteiger partial charge in [0.25, 0.3) is 0 Å². The maximum atomic E-state index is 4.57. The third-order valence-corrected chi connectivity index (χ3v) is 4.90. The summed E-state index contributed by atoms with van der Waals surface area (Å²) in [6.45, 7) is 8.86. The fraction of sp³-hybridized carbons (Fsp3) is 0.750. The van der Waals surface area contributed by atoms with Gasteiger partial charge in [-0.1, -0.05) is 43.4 Å². The molecule has 0 bridgehead atoms. The van der Waals surface area contributed by atoms with Gasteiger partial charge in [-0.15, -0.1) is 0 Å². The summed E-state index contributed by atoms with van der Waals surface area (Å²) in [5.41, 5.74) is 2.74. The van der Waals surface area contributed by atoms with E-state index in [-0.39, 0.29) is 0 Å². The van der Waals surface area contributed by atoms with E-state index < -0.39 is 0 Å². The second-order valence-electron chi connectivity index (χ2n) is 4.96. The van der Waals surface area contributed by atoms with Crippen LogP contribution in [0.2, 0.25) is 0 Å². The molecular weight excluding hydrogens is 313 g/mol. The molecule has 0 spiro atoms. The van der Waals surface area contributed by atoms with Crippen molar-refractivity contribution >= 4 is 22.6 Å². The van der Waals surface area contributed by atoms with Gasteiger partial charge in [-0.3, -0.25) is 0 Å². The molecule has 0 fully saturated rings. The standard InChI is InChI=1S/C12H20IN3/c1-8(2)11-10-6-9(3)12(13)14-4-5-16(10)7-15-11/h7-9,12,14H,4-6H2,1-3H3. The van der Waals surface area contributed by atoms with Crippen molar-refractivity contribution in [1.82, 2.24) is 14.9 Å². The van der Waals surface area contributed by atoms with E-state index in [2.05, 4.69) is 58.2 Å². The molecule has 0 aromatic carbocycles. The summed E-state index contributed by atoms with van der Waals surface area (Å²) in [6.07, 6.45) is 3.14. The van der Waals surface area contributed by atoms with Gasteiger partial charge < -0.3 is 9.88 Å². The lowest BCUT2D eigenvalue weighted by Crippen LogP contribution is -2.36. The highest BCUT2D eigenvalue weighted by Crippen LogP contribution is 2.24. The molecule has 1 N–H and O–H groups in total. The molecule has 2 atom stereocenters. The van der Waals surface area contributed by atoms with Gasteiger partial charge in [0.15, 0.2) is 0 Å². The van der Waals surface area contributed by atoms with Gasteiger partial charge in [0.1, 0.15) is 0 Å². The van der Waals surface area contributed by atoms with Crippen LogP contribution in [-0.2, 0) is 13.0 Å². The molecule has 1 aromatic rings. The third kappa shape index (κ3) is 2.42. The van der Waals surface area contributed by atoms with Crippen molar-refractivity contribution in [1.29, 1.82) is 0 Å². The quantitative estimate of drug-likeness (QED) is 0.486. The number of fused-ring (bicyclic) bond motifs is 1. The molecule has 16 heavy (non-hydrogen) atoms. The zero-order chi connectivity index (χ0) is 11.7. The fourth-order valence-corrected chi connectivity index (χ4v) is 2.82. The molecule has 1 aliphatic heterocycles. The number of aromatic nitrogens is 2. The molecular formula is C12H20IN3. The molecule has 0 amide bonds. The Morgan fingerprint density at radius 1 is 1.56 bits per heavy atom. The molecule has 1 aromatic heterocycles. The Morgan fingerprint density at radius 3 is 3.00 bits per heavy atom. The number of hydrogen-bond donors (Lipinski definition) is 1. The first-order valence-electron chi connectivity index (χ1n) is 6.01. The van der Waals surface area contributed by atoms with E-state index in [9.17, 15) is 0 Å². The van der Waals surface area contributed by atoms with E-state index in [1.165, 1.54) is 11.4 Å². The molecule has 2 rings (SSSR count). The van der Waals surface area contributed by atoms with Crippen LogP contribution in [0.15, 0.2) is 6.33 Å². The summed E-state index contributed by atoms with van der Waals surface area (Å²) in [5.74, 6) is 1.19. The van der Waals surface area contributed by atoms with Crippen LogP contribution in [0.5, 0.6) is 0 Å². The lowest BCUT2D eigenvalue weighted by Gasteiger charge is -2.25. The first kappa shape index (κ1) is 12.4. The van der Waals surface area contributed by atoms with Crippen LogP contribution in [0, 0.1) is 5.92 Å². The molecule has 90 valence electrons. The summed E-state index contributed by atoms with van der Waals surface area (Å²) in [6, 6.07) is 0. The lowest BCUT2D eigenvalue weighted by atomic mass is 9.99. The topological polar surface area (TPSA) is 29.9 Å². The van der Waals surface area contributed by atoms with Crippen molar-refractivity contribution in [2.75, 3.05) is 6.54 Å². The Hall–Kier alpha value is -0.100. The average Bonchev–Trinajstić information content (AvgIpc) is 2.59. The summed E-state index contributed by atoms with van der Waals surface area (Å²) < 4.78 is 2.89. The van der Waals surface area contributed by atoms with Crippen molar-refractivity contribution in [3.8, 4) is 0 Å². The second-order valence-corrected chi connectivity index (χ2v) is 6.30. The Kier molecular flexibility index (Phi) is 3.89. The molecule has 4 heteroatoms. The minimum atomic E-state index is 0.531. The SMILES string of the molecule is CC(C)c1ncn2c1CC(C)C(I)NCC2. The van der Waals surface area contributed by atoms with Crippen molar-refractivity contribution in [2.24, 2.45) is 5.92 Å². The van der Waals surface area contributed by atoms with Crippen LogP contribution >= 0.6 is 22.6 Å². The minimum Gasteiger partial charge on any atom is -0.333 e. The smallest absolute Gasteiger partial charge is 0.0952 e. The van der Waals surface area contributed by atoms with E-state index in [0.717, 1.165) is 19.5 Å². The van der Waals surface area contributed by atoms with Crippen molar-refractivity contribution in [3.63, 3.8) is 0 Å². The van der Waals surface area contributed by atoms with Crippen LogP contribution < -0.4 is 5.32 Å². The van der Waals surface area contributed by atoms with Gasteiger partial charge in [0, 0.05) is 18.8 Å². The number of hydrogen-bond acceptors (Lipinski definition) is 2. The maximum absolute atomic E-state index is 4.57. The van der Waals surface area contributed by atoms with E-state index in [0.29, 0.717) is 15.9 Å². The largest absolute Gasteiger partial charge is 0.333 e. The van der Waals surface area contributed by atoms with Gasteiger partial charge in [-0.2, -0.15) is 0 Å². The van der Waals surface area contributed by atoms with E-state index in [4.69, 9.17) is 0 Å². The Morgan fingerprint density at radius 2 is 2.31 bits per heavy atom. The normalized spacial score (nSPS) is 26.3. The van der Waals surface area contributed by atoms with Gasteiger partial charge in [-0.05, 0) is 18.3 Å². The molecule has 2 unspecified atom stereocenters. The van der Waals surface area contributed by atoms with Crippen LogP contribution in [0.3, 0.4) is 0 Å². The van der Waals surface area contributed by atoms with Crippen LogP contribution in [0.1, 0.15) is 38.1 Å². The van der Waals surface area contributed by atoms with Crippen molar-refractivity contribution in [2.45, 2.75) is 43.7 Å². The first-order valence-corrected chi connectivity index (χ1v) is 7.25. The lowest BCUT2D eigenvalue weighted by molar-refractivity contribution is 0.434. The summed E-state index contributed by atoms with van der Waals surface area (Å²) >= 11 is 2.51. The summed E-state index contributed by atoms with van der Waals surface area (Å²) in [5, 5.41) is 3.55. The molecule has 0 saturated carbocycles. The van der Waals surface area contributed by atoms with E-state index >= 15 is 0 Å². The highest BCUT2D eigenvalue weighted by molar-refractivity contribution is 14.1. The Balaban J connectivity index is 2.31. The van der Waals surface area contributed by atoms with Gasteiger partial charge in [-0.25, -0.2) is 4.98 Å². The number of halogens is 1. The number of nitrogens with zero attached hydrogens (tertiary/aromatic N) is 2. The minimum absolute atomic E-state index is 0.531. The molecule has 3 nitrogen and oxygen atoms in total. The van der Waals surface area contributed by atoms with Crippen LogP contribution in [0.4, 0.5) is 0 Å². The molecule has 0 saturated heterocycles. The monoisotopic (exact) mass is 333 g/mol. The average molecular weight is 333 g/mol. The molecule has 0 radical (unpaired) electrons. The van der Waals surface area contributed by atoms with Gasteiger partial charge in [0.05, 0.1) is 16.1 Å². The number of nitrogens with one attached hydrogen (secondary N) is 1. The first-order chi connectivity index (χ1) is 7.59. The Labute approximate surface area is 111 Å². The predicted octanol–water partition coefficient (Wildman–Crippen LogP) is 2.55. The molecule has 1 aliphatic rings. The predicted molar refractivity (Wildman–Crippen MR) is 75.0 cm³/mol. The van der Waals surface area contributed by atoms with E-state index in [1.807, 2.05) is 6.33 Å². The van der Waals surface area contributed by atoms with Gasteiger partial charge in [0.2, 0.25) is 0 Å². The number of imidazole rings is 1. The molecule has 0 aliphatic carbocycles. The zero-order valence-corrected chi connectivity index (χ0v) is 12.4. The maximum Gasteiger partial charge on any atom is 0.0952 e. The van der Waals surface area contributed by atoms with Gasteiger partial charge >= 0.3 is 0 Å². The van der Waals surface area contributed by atoms with E-state index in [1.54, 1.807) is 0 Å². The fourth-order valence-electron chi connectivity index (χ4n) is 2.25. The Bertz CT molecular complexity index is 359.